The van der Waals surface area contributed by atoms with E-state index in [1.54, 1.807) is 6.92 Å². The molecule has 3 nitrogen and oxygen atoms in total. The first-order valence-electron chi connectivity index (χ1n) is 1.91. The van der Waals surface area contributed by atoms with Gasteiger partial charge >= 0.3 is 0 Å². The predicted octanol–water partition coefficient (Wildman–Crippen LogP) is 0.558. The fourth-order valence-corrected chi connectivity index (χ4v) is 0.340. The van der Waals surface area contributed by atoms with Gasteiger partial charge in [0, 0.05) is 32.7 Å². The fraction of sp³-hybridized carbons (Fsp3) is 0.250. The zero-order chi connectivity index (χ0) is 5.28. The van der Waals surface area contributed by atoms with Crippen LogP contribution in [0.2, 0.25) is 0 Å². The second kappa shape index (κ2) is 3.20. The molecule has 1 aromatic heterocycles. The average Bonchev–Trinajstić information content (AvgIpc) is 1.87. The zero-order valence-electron chi connectivity index (χ0n) is 4.59. The van der Waals surface area contributed by atoms with Crippen molar-refractivity contribution in [3.8, 4) is 0 Å². The molecule has 0 aromatic carbocycles. The largest absolute Gasteiger partial charge is 0.372 e. The summed E-state index contributed by atoms with van der Waals surface area (Å²) in [6, 6.07) is 0. The Hall–Kier alpha value is 0.114. The molecule has 1 radical (unpaired) electrons. The van der Waals surface area contributed by atoms with Crippen LogP contribution >= 0.6 is 0 Å². The molecule has 0 aliphatic heterocycles. The standard InChI is InChI=1S/C4H5N2O.Y/c1-3-5-4(2)7-6-3;/h2H2,1H3;/q-1;. The molecule has 0 atom stereocenters. The van der Waals surface area contributed by atoms with Crippen LogP contribution in [-0.2, 0) is 32.7 Å². The van der Waals surface area contributed by atoms with Gasteiger partial charge in [0.15, 0.2) is 5.82 Å². The van der Waals surface area contributed by atoms with Gasteiger partial charge in [0.2, 0.25) is 0 Å². The Morgan fingerprint density at radius 2 is 2.25 bits per heavy atom. The molecule has 1 rings (SSSR count). The minimum absolute atomic E-state index is 0. The minimum Gasteiger partial charge on any atom is -0.372 e. The first-order valence-corrected chi connectivity index (χ1v) is 1.91. The van der Waals surface area contributed by atoms with E-state index in [0.29, 0.717) is 11.7 Å². The van der Waals surface area contributed by atoms with Crippen molar-refractivity contribution >= 4 is 0 Å². The van der Waals surface area contributed by atoms with Crippen LogP contribution < -0.4 is 0 Å². The van der Waals surface area contributed by atoms with E-state index in [1.165, 1.54) is 0 Å². The zero-order valence-corrected chi connectivity index (χ0v) is 7.43. The van der Waals surface area contributed by atoms with Crippen molar-refractivity contribution in [2.45, 2.75) is 6.92 Å². The molecule has 4 heteroatoms. The summed E-state index contributed by atoms with van der Waals surface area (Å²) in [5.74, 6) is 1.00. The molecule has 0 saturated heterocycles. The molecule has 0 N–H and O–H groups in total. The van der Waals surface area contributed by atoms with Gasteiger partial charge in [-0.3, -0.25) is 0 Å². The van der Waals surface area contributed by atoms with Crippen molar-refractivity contribution in [3.63, 3.8) is 0 Å². The van der Waals surface area contributed by atoms with Gasteiger partial charge in [-0.05, 0) is 6.92 Å². The van der Waals surface area contributed by atoms with E-state index < -0.39 is 0 Å². The van der Waals surface area contributed by atoms with Crippen LogP contribution in [0.25, 0.3) is 0 Å². The number of nitrogens with zero attached hydrogens (tertiary/aromatic N) is 2. The first kappa shape index (κ1) is 8.11. The molecule has 0 aliphatic carbocycles. The molecule has 0 bridgehead atoms. The van der Waals surface area contributed by atoms with E-state index >= 15 is 0 Å². The van der Waals surface area contributed by atoms with Crippen LogP contribution in [0.4, 0.5) is 0 Å². The van der Waals surface area contributed by atoms with E-state index in [2.05, 4.69) is 21.6 Å². The summed E-state index contributed by atoms with van der Waals surface area (Å²) in [4.78, 5) is 3.72. The van der Waals surface area contributed by atoms with Crippen LogP contribution in [0.1, 0.15) is 11.7 Å². The number of aryl methyl sites for hydroxylation is 1. The van der Waals surface area contributed by atoms with Crippen molar-refractivity contribution < 1.29 is 37.2 Å². The molecular weight excluding hydrogens is 181 g/mol. The maximum atomic E-state index is 4.49. The quantitative estimate of drug-likeness (QED) is 0.555. The Kier molecular flexibility index (Phi) is 3.25. The second-order valence-corrected chi connectivity index (χ2v) is 1.24. The van der Waals surface area contributed by atoms with Crippen molar-refractivity contribution in [2.75, 3.05) is 0 Å². The Morgan fingerprint density at radius 1 is 1.62 bits per heavy atom. The monoisotopic (exact) mass is 186 g/mol. The van der Waals surface area contributed by atoms with Gasteiger partial charge in [-0.15, -0.1) is 0 Å². The number of hydrogen-bond donors (Lipinski definition) is 0. The Bertz CT molecular complexity index is 146. The minimum atomic E-state index is 0. The summed E-state index contributed by atoms with van der Waals surface area (Å²) in [6.07, 6.45) is 0. The van der Waals surface area contributed by atoms with Crippen molar-refractivity contribution in [2.24, 2.45) is 0 Å². The number of aromatic nitrogens is 2. The van der Waals surface area contributed by atoms with Gasteiger partial charge in [0.05, 0.1) is 5.89 Å². The van der Waals surface area contributed by atoms with Gasteiger partial charge in [-0.2, -0.15) is 0 Å². The molecule has 8 heavy (non-hydrogen) atoms. The van der Waals surface area contributed by atoms with E-state index in [9.17, 15) is 0 Å². The Labute approximate surface area is 72.7 Å². The summed E-state index contributed by atoms with van der Waals surface area (Å²) >= 11 is 0. The molecule has 0 spiro atoms. The van der Waals surface area contributed by atoms with Crippen molar-refractivity contribution in [1.29, 1.82) is 0 Å². The molecule has 0 saturated carbocycles. The topological polar surface area (TPSA) is 38.9 Å². The SMILES string of the molecule is [CH2-]c1nc(C)no1.[Y]. The third-order valence-electron chi connectivity index (χ3n) is 0.570. The molecule has 41 valence electrons. The number of rotatable bonds is 0. The van der Waals surface area contributed by atoms with E-state index in [-0.39, 0.29) is 32.7 Å². The maximum absolute atomic E-state index is 4.49. The van der Waals surface area contributed by atoms with E-state index in [0.717, 1.165) is 0 Å². The Morgan fingerprint density at radius 3 is 2.38 bits per heavy atom. The van der Waals surface area contributed by atoms with Gasteiger partial charge in [-0.25, -0.2) is 4.98 Å². The summed E-state index contributed by atoms with van der Waals surface area (Å²) in [5, 5.41) is 3.47. The van der Waals surface area contributed by atoms with Crippen LogP contribution in [-0.4, -0.2) is 10.1 Å². The third-order valence-corrected chi connectivity index (χ3v) is 0.570. The average molecular weight is 186 g/mol. The normalized spacial score (nSPS) is 8.12. The molecule has 1 heterocycles. The molecule has 1 aromatic rings. The summed E-state index contributed by atoms with van der Waals surface area (Å²) in [6.45, 7) is 5.15. The molecule has 0 fully saturated rings. The Balaban J connectivity index is 0.000000490. The fourth-order valence-electron chi connectivity index (χ4n) is 0.340. The van der Waals surface area contributed by atoms with Crippen LogP contribution in [0.5, 0.6) is 0 Å². The van der Waals surface area contributed by atoms with Crippen molar-refractivity contribution in [3.05, 3.63) is 18.6 Å². The van der Waals surface area contributed by atoms with Gasteiger partial charge in [-0.1, -0.05) is 5.16 Å². The second-order valence-electron chi connectivity index (χ2n) is 1.24. The summed E-state index contributed by atoms with van der Waals surface area (Å²) < 4.78 is 4.49. The predicted molar refractivity (Wildman–Crippen MR) is 23.5 cm³/mol. The van der Waals surface area contributed by atoms with E-state index in [1.807, 2.05) is 0 Å². The van der Waals surface area contributed by atoms with Gasteiger partial charge in [0.25, 0.3) is 0 Å². The smallest absolute Gasteiger partial charge is 0.165 e. The third kappa shape index (κ3) is 1.92. The van der Waals surface area contributed by atoms with Crippen molar-refractivity contribution in [1.82, 2.24) is 10.1 Å². The van der Waals surface area contributed by atoms with Gasteiger partial charge in [0.1, 0.15) is 0 Å². The molecule has 0 unspecified atom stereocenters. The van der Waals surface area contributed by atoms with Crippen LogP contribution in [0, 0.1) is 13.8 Å². The summed E-state index contributed by atoms with van der Waals surface area (Å²) in [7, 11) is 0. The van der Waals surface area contributed by atoms with Gasteiger partial charge < -0.3 is 11.4 Å². The molecular formula is C4H5N2OY-. The number of hydrogen-bond acceptors (Lipinski definition) is 3. The molecule has 0 amide bonds. The first-order chi connectivity index (χ1) is 3.29. The van der Waals surface area contributed by atoms with Crippen LogP contribution in [0.15, 0.2) is 4.52 Å². The van der Waals surface area contributed by atoms with E-state index in [4.69, 9.17) is 0 Å². The maximum Gasteiger partial charge on any atom is 0.165 e. The summed E-state index contributed by atoms with van der Waals surface area (Å²) in [5.41, 5.74) is 0. The van der Waals surface area contributed by atoms with Crippen LogP contribution in [0.3, 0.4) is 0 Å². The molecule has 0 aliphatic rings.